The van der Waals surface area contributed by atoms with Gasteiger partial charge in [-0.1, -0.05) is 43.2 Å². The van der Waals surface area contributed by atoms with Crippen LogP contribution < -0.4 is 10.2 Å². The number of anilines is 1. The number of aryl methyl sites for hydroxylation is 1. The van der Waals surface area contributed by atoms with Crippen molar-refractivity contribution < 1.29 is 14.4 Å². The summed E-state index contributed by atoms with van der Waals surface area (Å²) in [5, 5.41) is 4.85. The Bertz CT molecular complexity index is 971. The number of unbranched alkanes of at least 4 members (excludes halogenated alkanes) is 1. The van der Waals surface area contributed by atoms with E-state index in [-0.39, 0.29) is 24.3 Å². The van der Waals surface area contributed by atoms with E-state index in [9.17, 15) is 14.4 Å². The molecule has 3 heterocycles. The van der Waals surface area contributed by atoms with Gasteiger partial charge in [0.2, 0.25) is 5.91 Å². The van der Waals surface area contributed by atoms with E-state index < -0.39 is 6.17 Å². The lowest BCUT2D eigenvalue weighted by Crippen LogP contribution is -2.61. The van der Waals surface area contributed by atoms with Crippen LogP contribution in [0.1, 0.15) is 47.0 Å². The summed E-state index contributed by atoms with van der Waals surface area (Å²) in [6.45, 7) is 5.80. The lowest BCUT2D eigenvalue weighted by molar-refractivity contribution is -0.130. The quantitative estimate of drug-likeness (QED) is 0.772. The number of carbonyl (C=O) groups excluding carboxylic acids is 3. The number of nitrogens with zero attached hydrogens (tertiary/aromatic N) is 3. The van der Waals surface area contributed by atoms with Gasteiger partial charge in [0.05, 0.1) is 12.2 Å². The van der Waals surface area contributed by atoms with Gasteiger partial charge in [-0.15, -0.1) is 11.3 Å². The van der Waals surface area contributed by atoms with Crippen molar-refractivity contribution >= 4 is 34.9 Å². The fourth-order valence-electron chi connectivity index (χ4n) is 4.10. The van der Waals surface area contributed by atoms with E-state index in [1.54, 1.807) is 14.7 Å². The van der Waals surface area contributed by atoms with Gasteiger partial charge in [-0.3, -0.25) is 14.5 Å². The number of urea groups is 1. The molecule has 1 fully saturated rings. The van der Waals surface area contributed by atoms with Gasteiger partial charge in [0.25, 0.3) is 5.91 Å². The third-order valence-electron chi connectivity index (χ3n) is 5.88. The molecular weight excluding hydrogens is 412 g/mol. The molecule has 164 valence electrons. The monoisotopic (exact) mass is 440 g/mol. The zero-order chi connectivity index (χ0) is 22.0. The first-order chi connectivity index (χ1) is 15.0. The van der Waals surface area contributed by atoms with Gasteiger partial charge in [-0.2, -0.15) is 0 Å². The maximum atomic E-state index is 13.4. The van der Waals surface area contributed by atoms with Crippen LogP contribution in [-0.2, 0) is 11.3 Å². The van der Waals surface area contributed by atoms with Gasteiger partial charge >= 0.3 is 6.03 Å². The van der Waals surface area contributed by atoms with E-state index in [1.807, 2.05) is 42.6 Å². The summed E-state index contributed by atoms with van der Waals surface area (Å²) in [6.07, 6.45) is 1.66. The maximum Gasteiger partial charge on any atom is 0.323 e. The maximum absolute atomic E-state index is 13.4. The fourth-order valence-corrected chi connectivity index (χ4v) is 4.94. The van der Waals surface area contributed by atoms with Crippen LogP contribution in [0.5, 0.6) is 0 Å². The normalized spacial score (nSPS) is 18.5. The molecule has 31 heavy (non-hydrogen) atoms. The molecular formula is C23H28N4O3S. The Labute approximate surface area is 186 Å². The lowest BCUT2D eigenvalue weighted by atomic mass is 10.1. The van der Waals surface area contributed by atoms with Crippen molar-refractivity contribution in [3.63, 3.8) is 0 Å². The smallest absolute Gasteiger partial charge is 0.323 e. The molecule has 0 aliphatic carbocycles. The van der Waals surface area contributed by atoms with Crippen LogP contribution in [0.2, 0.25) is 0 Å². The summed E-state index contributed by atoms with van der Waals surface area (Å²) in [5.41, 5.74) is 2.80. The topological polar surface area (TPSA) is 73.0 Å². The Balaban J connectivity index is 1.60. The Kier molecular flexibility index (Phi) is 6.27. The Morgan fingerprint density at radius 1 is 1.19 bits per heavy atom. The summed E-state index contributed by atoms with van der Waals surface area (Å²) >= 11 is 1.34. The highest BCUT2D eigenvalue weighted by atomic mass is 32.1. The molecule has 1 aromatic heterocycles. The van der Waals surface area contributed by atoms with Gasteiger partial charge in [-0.25, -0.2) is 4.79 Å². The van der Waals surface area contributed by atoms with Gasteiger partial charge in [0.1, 0.15) is 11.0 Å². The van der Waals surface area contributed by atoms with Crippen LogP contribution in [0.15, 0.2) is 35.7 Å². The number of rotatable bonds is 5. The van der Waals surface area contributed by atoms with Crippen LogP contribution >= 0.6 is 11.3 Å². The minimum atomic E-state index is -0.504. The second-order valence-corrected chi connectivity index (χ2v) is 8.99. The summed E-state index contributed by atoms with van der Waals surface area (Å²) in [7, 11) is 0. The lowest BCUT2D eigenvalue weighted by Gasteiger charge is -2.43. The molecule has 1 N–H and O–H groups in total. The summed E-state index contributed by atoms with van der Waals surface area (Å²) in [4.78, 5) is 44.9. The third kappa shape index (κ3) is 4.30. The standard InChI is InChI=1S/C23H28N4O3S/c1-3-4-11-25-15-19-26(12-9-20(25)28)22(29)21-18(10-13-31-21)27(19)23(30)24-14-17-7-5-16(2)6-8-17/h5-8,10,13,19H,3-4,9,11-12,14-15H2,1-2H3,(H,24,30). The average molecular weight is 441 g/mol. The largest absolute Gasteiger partial charge is 0.339 e. The number of hydrogen-bond donors (Lipinski definition) is 1. The van der Waals surface area contributed by atoms with E-state index in [1.165, 1.54) is 16.9 Å². The summed E-state index contributed by atoms with van der Waals surface area (Å²) in [6, 6.07) is 9.59. The molecule has 1 saturated heterocycles. The van der Waals surface area contributed by atoms with Crippen LogP contribution in [-0.4, -0.2) is 53.4 Å². The third-order valence-corrected chi connectivity index (χ3v) is 6.78. The first-order valence-electron chi connectivity index (χ1n) is 10.8. The molecule has 0 spiro atoms. The summed E-state index contributed by atoms with van der Waals surface area (Å²) < 4.78 is 0. The van der Waals surface area contributed by atoms with Crippen LogP contribution in [0, 0.1) is 6.92 Å². The molecule has 7 nitrogen and oxygen atoms in total. The highest BCUT2D eigenvalue weighted by Crippen LogP contribution is 2.36. The van der Waals surface area contributed by atoms with Crippen molar-refractivity contribution in [1.29, 1.82) is 0 Å². The van der Waals surface area contributed by atoms with E-state index in [2.05, 4.69) is 12.2 Å². The minimum absolute atomic E-state index is 0.0408. The van der Waals surface area contributed by atoms with Crippen molar-refractivity contribution in [2.75, 3.05) is 24.5 Å². The predicted octanol–water partition coefficient (Wildman–Crippen LogP) is 3.59. The van der Waals surface area contributed by atoms with Crippen LogP contribution in [0.25, 0.3) is 0 Å². The molecule has 4 rings (SSSR count). The highest BCUT2D eigenvalue weighted by Gasteiger charge is 2.44. The molecule has 2 aromatic rings. The molecule has 2 aliphatic heterocycles. The van der Waals surface area contributed by atoms with Crippen molar-refractivity contribution in [2.45, 2.75) is 45.8 Å². The van der Waals surface area contributed by atoms with Crippen molar-refractivity contribution in [2.24, 2.45) is 0 Å². The Morgan fingerprint density at radius 2 is 1.97 bits per heavy atom. The first kappa shape index (κ1) is 21.4. The van der Waals surface area contributed by atoms with Gasteiger partial charge in [0, 0.05) is 26.1 Å². The molecule has 0 bridgehead atoms. The minimum Gasteiger partial charge on any atom is -0.339 e. The molecule has 1 unspecified atom stereocenters. The number of carbonyl (C=O) groups is 3. The van der Waals surface area contributed by atoms with Gasteiger partial charge in [0.15, 0.2) is 0 Å². The van der Waals surface area contributed by atoms with Crippen molar-refractivity contribution in [3.8, 4) is 0 Å². The van der Waals surface area contributed by atoms with E-state index in [0.29, 0.717) is 36.7 Å². The Morgan fingerprint density at radius 3 is 2.71 bits per heavy atom. The average Bonchev–Trinajstić information content (AvgIpc) is 3.19. The number of fused-ring (bicyclic) bond motifs is 2. The van der Waals surface area contributed by atoms with Crippen molar-refractivity contribution in [1.82, 2.24) is 15.1 Å². The van der Waals surface area contributed by atoms with E-state index in [4.69, 9.17) is 0 Å². The molecule has 0 saturated carbocycles. The highest BCUT2D eigenvalue weighted by molar-refractivity contribution is 7.12. The molecule has 1 atom stereocenters. The molecule has 4 amide bonds. The van der Waals surface area contributed by atoms with E-state index >= 15 is 0 Å². The second-order valence-electron chi connectivity index (χ2n) is 8.07. The number of nitrogens with one attached hydrogen (secondary N) is 1. The van der Waals surface area contributed by atoms with Crippen molar-refractivity contribution in [3.05, 3.63) is 51.7 Å². The predicted molar refractivity (Wildman–Crippen MR) is 121 cm³/mol. The number of amides is 4. The van der Waals surface area contributed by atoms with Gasteiger partial charge in [-0.05, 0) is 30.4 Å². The number of benzene rings is 1. The first-order valence-corrected chi connectivity index (χ1v) is 11.7. The number of hydrogen-bond acceptors (Lipinski definition) is 4. The molecule has 2 aliphatic rings. The second kappa shape index (κ2) is 9.09. The van der Waals surface area contributed by atoms with Crippen LogP contribution in [0.3, 0.4) is 0 Å². The Hall–Kier alpha value is -2.87. The molecule has 8 heteroatoms. The zero-order valence-electron chi connectivity index (χ0n) is 18.0. The fraction of sp³-hybridized carbons (Fsp3) is 0.435. The number of thiophene rings is 1. The van der Waals surface area contributed by atoms with E-state index in [0.717, 1.165) is 18.4 Å². The SMILES string of the molecule is CCCCN1CC2N(CCC1=O)C(=O)c1sccc1N2C(=O)NCc1ccc(C)cc1. The molecule has 1 aromatic carbocycles. The molecule has 0 radical (unpaired) electrons. The zero-order valence-corrected chi connectivity index (χ0v) is 18.8. The van der Waals surface area contributed by atoms with Gasteiger partial charge < -0.3 is 15.1 Å². The summed E-state index contributed by atoms with van der Waals surface area (Å²) in [5.74, 6) is -0.0539. The van der Waals surface area contributed by atoms with Crippen LogP contribution in [0.4, 0.5) is 10.5 Å².